The van der Waals surface area contributed by atoms with Gasteiger partial charge in [-0.2, -0.15) is 26.3 Å². The Balaban J connectivity index is 1.82. The summed E-state index contributed by atoms with van der Waals surface area (Å²) in [5.41, 5.74) is 2.07. The Morgan fingerprint density at radius 2 is 1.76 bits per heavy atom. The van der Waals surface area contributed by atoms with Crippen molar-refractivity contribution in [3.63, 3.8) is 0 Å². The van der Waals surface area contributed by atoms with Gasteiger partial charge in [-0.1, -0.05) is 6.92 Å². The SMILES string of the molecule is CC[C@]1(N)C[C@H](c2ncc(O)c(Cc3cc(C(F)(F)F)cc(C(F)(F)F)c3)n2)c2cc(OCOC)ccc2N1C(=O)O. The molecule has 1 amide bonds. The van der Waals surface area contributed by atoms with Crippen molar-refractivity contribution in [1.29, 1.82) is 0 Å². The zero-order chi connectivity index (χ0) is 31.0. The molecule has 0 bridgehead atoms. The van der Waals surface area contributed by atoms with Crippen molar-refractivity contribution < 1.29 is 50.8 Å². The third kappa shape index (κ3) is 6.21. The van der Waals surface area contributed by atoms with Crippen LogP contribution in [0.3, 0.4) is 0 Å². The van der Waals surface area contributed by atoms with Gasteiger partial charge in [0.1, 0.15) is 17.2 Å². The van der Waals surface area contributed by atoms with Crippen molar-refractivity contribution in [3.8, 4) is 11.5 Å². The molecular formula is C27H26F6N4O5. The minimum atomic E-state index is -5.05. The van der Waals surface area contributed by atoms with Gasteiger partial charge >= 0.3 is 18.4 Å². The first kappa shape index (κ1) is 30.8. The summed E-state index contributed by atoms with van der Waals surface area (Å²) in [5.74, 6) is -1.02. The average Bonchev–Trinajstić information content (AvgIpc) is 2.91. The second-order valence-corrected chi connectivity index (χ2v) is 9.75. The second kappa shape index (κ2) is 11.3. The highest BCUT2D eigenvalue weighted by Crippen LogP contribution is 2.47. The molecule has 0 spiro atoms. The summed E-state index contributed by atoms with van der Waals surface area (Å²) in [5, 5.41) is 20.4. The van der Waals surface area contributed by atoms with Crippen LogP contribution in [0.5, 0.6) is 11.5 Å². The van der Waals surface area contributed by atoms with Crippen molar-refractivity contribution in [2.75, 3.05) is 18.8 Å². The number of anilines is 1. The van der Waals surface area contributed by atoms with E-state index in [0.29, 0.717) is 23.4 Å². The highest BCUT2D eigenvalue weighted by atomic mass is 19.4. The van der Waals surface area contributed by atoms with Crippen LogP contribution < -0.4 is 15.4 Å². The number of carboxylic acid groups (broad SMARTS) is 1. The van der Waals surface area contributed by atoms with Gasteiger partial charge in [0.05, 0.1) is 28.7 Å². The van der Waals surface area contributed by atoms with E-state index < -0.39 is 58.9 Å². The number of ether oxygens (including phenoxy) is 2. The van der Waals surface area contributed by atoms with E-state index in [4.69, 9.17) is 15.2 Å². The Morgan fingerprint density at radius 3 is 2.31 bits per heavy atom. The number of methoxy groups -OCH3 is 1. The minimum absolute atomic E-state index is 0.0107. The second-order valence-electron chi connectivity index (χ2n) is 9.75. The maximum absolute atomic E-state index is 13.4. The van der Waals surface area contributed by atoms with E-state index in [1.165, 1.54) is 19.2 Å². The Labute approximate surface area is 235 Å². The summed E-state index contributed by atoms with van der Waals surface area (Å²) in [6.45, 7) is 1.57. The highest BCUT2D eigenvalue weighted by Gasteiger charge is 2.46. The molecule has 1 aromatic heterocycles. The normalized spacial score (nSPS) is 19.0. The first-order chi connectivity index (χ1) is 19.6. The Kier molecular flexibility index (Phi) is 8.29. The van der Waals surface area contributed by atoms with Gasteiger partial charge in [-0.15, -0.1) is 0 Å². The maximum atomic E-state index is 13.4. The van der Waals surface area contributed by atoms with Crippen LogP contribution in [0.25, 0.3) is 0 Å². The molecule has 0 saturated carbocycles. The van der Waals surface area contributed by atoms with Gasteiger partial charge in [0.25, 0.3) is 0 Å². The predicted octanol–water partition coefficient (Wildman–Crippen LogP) is 5.88. The van der Waals surface area contributed by atoms with Crippen LogP contribution in [0.1, 0.15) is 59.5 Å². The lowest BCUT2D eigenvalue weighted by Crippen LogP contribution is -2.61. The zero-order valence-electron chi connectivity index (χ0n) is 22.3. The first-order valence-electron chi connectivity index (χ1n) is 12.5. The molecular weight excluding hydrogens is 574 g/mol. The van der Waals surface area contributed by atoms with Gasteiger partial charge in [0.15, 0.2) is 12.5 Å². The molecule has 9 nitrogen and oxygen atoms in total. The monoisotopic (exact) mass is 600 g/mol. The van der Waals surface area contributed by atoms with Crippen molar-refractivity contribution >= 4 is 11.8 Å². The quantitative estimate of drug-likeness (QED) is 0.227. The Hall–Kier alpha value is -4.11. The number of aromatic nitrogens is 2. The van der Waals surface area contributed by atoms with E-state index in [1.54, 1.807) is 13.0 Å². The fourth-order valence-corrected chi connectivity index (χ4v) is 4.89. The fourth-order valence-electron chi connectivity index (χ4n) is 4.89. The molecule has 1 aliphatic heterocycles. The molecule has 226 valence electrons. The Morgan fingerprint density at radius 1 is 1.12 bits per heavy atom. The van der Waals surface area contributed by atoms with Gasteiger partial charge in [0.2, 0.25) is 0 Å². The first-order valence-corrected chi connectivity index (χ1v) is 12.5. The van der Waals surface area contributed by atoms with Crippen molar-refractivity contribution in [3.05, 3.63) is 76.4 Å². The number of fused-ring (bicyclic) bond motifs is 1. The predicted molar refractivity (Wildman–Crippen MR) is 136 cm³/mol. The van der Waals surface area contributed by atoms with Crippen molar-refractivity contribution in [2.45, 2.75) is 50.1 Å². The van der Waals surface area contributed by atoms with Crippen LogP contribution in [-0.4, -0.2) is 45.8 Å². The molecule has 42 heavy (non-hydrogen) atoms. The number of amides is 1. The standard InChI is InChI=1S/C27H26F6N4O5/c1-3-25(34)11-19(18-10-17(42-13-41-2)4-5-21(18)37(25)24(39)40)23-35-12-22(38)20(36-23)8-14-6-15(26(28,29)30)9-16(7-14)27(31,32)33/h4-7,9-10,12,19,38H,3,8,11,13,34H2,1-2H3,(H,39,40)/t19-,25+/m0/s1. The van der Waals surface area contributed by atoms with E-state index in [1.807, 2.05) is 0 Å². The summed E-state index contributed by atoms with van der Waals surface area (Å²) in [6, 6.07) is 5.66. The minimum Gasteiger partial charge on any atom is -0.504 e. The third-order valence-electron chi connectivity index (χ3n) is 6.96. The van der Waals surface area contributed by atoms with Crippen LogP contribution in [0.4, 0.5) is 36.8 Å². The molecule has 0 aliphatic carbocycles. The third-order valence-corrected chi connectivity index (χ3v) is 6.96. The lowest BCUT2D eigenvalue weighted by atomic mass is 9.80. The molecule has 2 aromatic carbocycles. The number of hydrogen-bond acceptors (Lipinski definition) is 7. The van der Waals surface area contributed by atoms with E-state index >= 15 is 0 Å². The lowest BCUT2D eigenvalue weighted by molar-refractivity contribution is -0.143. The van der Waals surface area contributed by atoms with Crippen molar-refractivity contribution in [2.24, 2.45) is 5.73 Å². The van der Waals surface area contributed by atoms with Gasteiger partial charge < -0.3 is 25.4 Å². The zero-order valence-corrected chi connectivity index (χ0v) is 22.3. The van der Waals surface area contributed by atoms with E-state index in [-0.39, 0.29) is 42.9 Å². The van der Waals surface area contributed by atoms with Crippen LogP contribution in [0.15, 0.2) is 42.6 Å². The molecule has 15 heteroatoms. The Bertz CT molecular complexity index is 1450. The molecule has 0 radical (unpaired) electrons. The van der Waals surface area contributed by atoms with E-state index in [0.717, 1.165) is 11.1 Å². The number of halogens is 6. The fraction of sp³-hybridized carbons (Fsp3) is 0.370. The maximum Gasteiger partial charge on any atom is 0.416 e. The van der Waals surface area contributed by atoms with E-state index in [2.05, 4.69) is 9.97 Å². The molecule has 0 unspecified atom stereocenters. The molecule has 0 fully saturated rings. The number of alkyl halides is 6. The summed E-state index contributed by atoms with van der Waals surface area (Å²) >= 11 is 0. The molecule has 2 atom stereocenters. The molecule has 4 rings (SSSR count). The lowest BCUT2D eigenvalue weighted by Gasteiger charge is -2.46. The number of rotatable bonds is 7. The van der Waals surface area contributed by atoms with Crippen LogP contribution in [0, 0.1) is 0 Å². The van der Waals surface area contributed by atoms with Gasteiger partial charge in [-0.05, 0) is 60.4 Å². The van der Waals surface area contributed by atoms with E-state index in [9.17, 15) is 41.4 Å². The molecule has 1 aliphatic rings. The van der Waals surface area contributed by atoms with Crippen LogP contribution in [0.2, 0.25) is 0 Å². The summed E-state index contributed by atoms with van der Waals surface area (Å²) in [7, 11) is 1.41. The molecule has 4 N–H and O–H groups in total. The number of nitrogens with two attached hydrogens (primary N) is 1. The number of carbonyl (C=O) groups is 1. The van der Waals surface area contributed by atoms with Gasteiger partial charge in [-0.25, -0.2) is 14.8 Å². The number of hydrogen-bond donors (Lipinski definition) is 3. The molecule has 2 heterocycles. The topological polar surface area (TPSA) is 131 Å². The van der Waals surface area contributed by atoms with Crippen molar-refractivity contribution in [1.82, 2.24) is 9.97 Å². The summed E-state index contributed by atoms with van der Waals surface area (Å²) in [4.78, 5) is 21.8. The highest BCUT2D eigenvalue weighted by molar-refractivity contribution is 5.90. The smallest absolute Gasteiger partial charge is 0.416 e. The molecule has 0 saturated heterocycles. The molecule has 3 aromatic rings. The number of benzene rings is 2. The van der Waals surface area contributed by atoms with Crippen LogP contribution >= 0.6 is 0 Å². The van der Waals surface area contributed by atoms with Gasteiger partial charge in [0, 0.05) is 19.4 Å². The van der Waals surface area contributed by atoms with Gasteiger partial charge in [-0.3, -0.25) is 4.90 Å². The number of nitrogens with zero attached hydrogens (tertiary/aromatic N) is 3. The summed E-state index contributed by atoms with van der Waals surface area (Å²) in [6.07, 6.45) is -10.9. The largest absolute Gasteiger partial charge is 0.504 e. The number of aromatic hydroxyl groups is 1. The summed E-state index contributed by atoms with van der Waals surface area (Å²) < 4.78 is 90.7. The average molecular weight is 601 g/mol. The van der Waals surface area contributed by atoms with Crippen LogP contribution in [-0.2, 0) is 23.5 Å².